The van der Waals surface area contributed by atoms with Crippen LogP contribution in [0, 0.1) is 0 Å². The fourth-order valence-electron chi connectivity index (χ4n) is 2.38. The first-order chi connectivity index (χ1) is 11.1. The topological polar surface area (TPSA) is 53.4 Å². The Morgan fingerprint density at radius 2 is 1.96 bits per heavy atom. The van der Waals surface area contributed by atoms with Gasteiger partial charge in [0, 0.05) is 31.0 Å². The zero-order valence-corrected chi connectivity index (χ0v) is 16.3. The summed E-state index contributed by atoms with van der Waals surface area (Å²) in [5.74, 6) is 0.547. The minimum absolute atomic E-state index is 0.0825. The fourth-order valence-corrected chi connectivity index (χ4v) is 2.97. The Hall–Kier alpha value is -1.05. The number of aromatic nitrogens is 2. The molecule has 1 aromatic rings. The first kappa shape index (κ1) is 19.3. The van der Waals surface area contributed by atoms with Gasteiger partial charge in [0.1, 0.15) is 0 Å². The van der Waals surface area contributed by atoms with Gasteiger partial charge in [0.2, 0.25) is 0 Å². The summed E-state index contributed by atoms with van der Waals surface area (Å²) >= 11 is 1.27. The van der Waals surface area contributed by atoms with Crippen molar-refractivity contribution in [3.8, 4) is 0 Å². The van der Waals surface area contributed by atoms with Crippen LogP contribution in [0.5, 0.6) is 0 Å². The van der Waals surface area contributed by atoms with Crippen LogP contribution in [0.4, 0.5) is 0 Å². The van der Waals surface area contributed by atoms with E-state index >= 15 is 0 Å². The second-order valence-electron chi connectivity index (χ2n) is 7.12. The summed E-state index contributed by atoms with van der Waals surface area (Å²) in [6.07, 6.45) is 6.90. The fraction of sp³-hybridized carbons (Fsp3) is 0.647. The van der Waals surface area contributed by atoms with Crippen molar-refractivity contribution in [2.45, 2.75) is 65.7 Å². The Morgan fingerprint density at radius 3 is 2.50 bits per heavy atom. The molecule has 1 aromatic heterocycles. The quantitative estimate of drug-likeness (QED) is 0.734. The molecule has 1 saturated heterocycles. The van der Waals surface area contributed by atoms with Gasteiger partial charge >= 0.3 is 7.12 Å². The minimum atomic E-state index is -0.448. The number of nitrogens with zero attached hydrogens (tertiary/aromatic N) is 2. The molecular weight excluding hydrogens is 323 g/mol. The Bertz CT molecular complexity index is 609. The Labute approximate surface area is 149 Å². The molecule has 132 valence electrons. The zero-order valence-electron chi connectivity index (χ0n) is 15.5. The molecule has 0 atom stereocenters. The van der Waals surface area contributed by atoms with E-state index in [2.05, 4.69) is 12.0 Å². The van der Waals surface area contributed by atoms with E-state index in [1.807, 2.05) is 50.8 Å². The van der Waals surface area contributed by atoms with Crippen molar-refractivity contribution in [3.05, 3.63) is 23.4 Å². The third kappa shape index (κ3) is 4.52. The molecule has 0 aliphatic carbocycles. The maximum atomic E-state index is 11.4. The second-order valence-corrected chi connectivity index (χ2v) is 8.28. The van der Waals surface area contributed by atoms with Crippen LogP contribution in [0.15, 0.2) is 17.9 Å². The van der Waals surface area contributed by atoms with Crippen molar-refractivity contribution < 1.29 is 14.1 Å². The van der Waals surface area contributed by atoms with Gasteiger partial charge in [-0.2, -0.15) is 5.10 Å². The minimum Gasteiger partial charge on any atom is -0.400 e. The molecular formula is C17H27BN2O3S. The highest BCUT2D eigenvalue weighted by molar-refractivity contribution is 8.13. The molecule has 0 saturated carbocycles. The molecule has 24 heavy (non-hydrogen) atoms. The van der Waals surface area contributed by atoms with Gasteiger partial charge in [-0.15, -0.1) is 0 Å². The van der Waals surface area contributed by atoms with Gasteiger partial charge in [-0.1, -0.05) is 24.8 Å². The molecule has 2 heterocycles. The van der Waals surface area contributed by atoms with Crippen molar-refractivity contribution in [1.29, 1.82) is 0 Å². The molecule has 1 fully saturated rings. The Balaban J connectivity index is 2.24. The largest absolute Gasteiger partial charge is 0.491 e. The average molecular weight is 350 g/mol. The number of carbonyl (C=O) groups is 1. The van der Waals surface area contributed by atoms with Gasteiger partial charge in [0.25, 0.3) is 0 Å². The number of hydrogen-bond donors (Lipinski definition) is 0. The molecule has 0 spiro atoms. The van der Waals surface area contributed by atoms with Crippen molar-refractivity contribution in [2.24, 2.45) is 0 Å². The van der Waals surface area contributed by atoms with E-state index in [1.165, 1.54) is 11.8 Å². The predicted molar refractivity (Wildman–Crippen MR) is 99.7 cm³/mol. The summed E-state index contributed by atoms with van der Waals surface area (Å²) in [6.45, 7) is 12.7. The lowest BCUT2D eigenvalue weighted by atomic mass is 9.78. The number of aryl methyl sites for hydroxylation is 1. The lowest BCUT2D eigenvalue weighted by Crippen LogP contribution is -2.41. The van der Waals surface area contributed by atoms with Crippen LogP contribution in [0.25, 0.3) is 6.08 Å². The summed E-state index contributed by atoms with van der Waals surface area (Å²) in [4.78, 5) is 11.4. The van der Waals surface area contributed by atoms with E-state index in [0.29, 0.717) is 5.75 Å². The molecule has 5 nitrogen and oxygen atoms in total. The van der Waals surface area contributed by atoms with E-state index in [9.17, 15) is 4.79 Å². The zero-order chi connectivity index (χ0) is 18.0. The van der Waals surface area contributed by atoms with Crippen molar-refractivity contribution >= 4 is 30.1 Å². The first-order valence-electron chi connectivity index (χ1n) is 8.36. The van der Waals surface area contributed by atoms with Gasteiger partial charge in [-0.25, -0.2) is 0 Å². The molecule has 0 radical (unpaired) electrons. The van der Waals surface area contributed by atoms with Crippen LogP contribution in [0.2, 0.25) is 0 Å². The third-order valence-corrected chi connectivity index (χ3v) is 5.34. The van der Waals surface area contributed by atoms with Crippen molar-refractivity contribution in [1.82, 2.24) is 9.78 Å². The molecule has 0 unspecified atom stereocenters. The average Bonchev–Trinajstić information content (AvgIpc) is 2.97. The van der Waals surface area contributed by atoms with Crippen molar-refractivity contribution in [2.75, 3.05) is 5.75 Å². The van der Waals surface area contributed by atoms with E-state index in [-0.39, 0.29) is 5.12 Å². The molecule has 2 rings (SSSR count). The van der Waals surface area contributed by atoms with Gasteiger partial charge in [-0.3, -0.25) is 9.48 Å². The molecule has 0 aromatic carbocycles. The highest BCUT2D eigenvalue weighted by Crippen LogP contribution is 2.39. The van der Waals surface area contributed by atoms with Crippen LogP contribution >= 0.6 is 11.8 Å². The van der Waals surface area contributed by atoms with Crippen LogP contribution in [0.3, 0.4) is 0 Å². The van der Waals surface area contributed by atoms with Crippen LogP contribution < -0.4 is 0 Å². The summed E-state index contributed by atoms with van der Waals surface area (Å²) in [7, 11) is -0.448. The Kier molecular flexibility index (Phi) is 5.99. The SMILES string of the molecule is CCCn1cc(C=C(CSC(C)=O)B2OC(C)(C)C(C)(C)O2)cn1. The molecule has 0 amide bonds. The van der Waals surface area contributed by atoms with Gasteiger partial charge in [0.05, 0.1) is 17.4 Å². The second kappa shape index (κ2) is 7.46. The number of hydrogen-bond acceptors (Lipinski definition) is 5. The van der Waals surface area contributed by atoms with Crippen LogP contribution in [0.1, 0.15) is 53.5 Å². The maximum Gasteiger partial charge on any atom is 0.491 e. The van der Waals surface area contributed by atoms with Crippen LogP contribution in [-0.2, 0) is 20.6 Å². The van der Waals surface area contributed by atoms with Crippen LogP contribution in [-0.4, -0.2) is 39.0 Å². The monoisotopic (exact) mass is 350 g/mol. The van der Waals surface area contributed by atoms with E-state index in [0.717, 1.165) is 24.0 Å². The van der Waals surface area contributed by atoms with Gasteiger partial charge in [-0.05, 0) is 39.6 Å². The molecule has 0 bridgehead atoms. The van der Waals surface area contributed by atoms with Crippen molar-refractivity contribution in [3.63, 3.8) is 0 Å². The predicted octanol–water partition coefficient (Wildman–Crippen LogP) is 3.59. The molecule has 0 N–H and O–H groups in total. The summed E-state index contributed by atoms with van der Waals surface area (Å²) in [5, 5.41) is 4.44. The van der Waals surface area contributed by atoms with Gasteiger partial charge < -0.3 is 9.31 Å². The molecule has 7 heteroatoms. The Morgan fingerprint density at radius 1 is 1.33 bits per heavy atom. The summed E-state index contributed by atoms with van der Waals surface area (Å²) in [5.41, 5.74) is 1.15. The highest BCUT2D eigenvalue weighted by Gasteiger charge is 2.52. The van der Waals surface area contributed by atoms with Gasteiger partial charge in [0.15, 0.2) is 5.12 Å². The standard InChI is InChI=1S/C17H27BN2O3S/c1-7-8-20-11-14(10-19-20)9-15(12-24-13(2)21)18-22-16(3,4)17(5,6)23-18/h9-11H,7-8,12H2,1-6H3. The number of thioether (sulfide) groups is 1. The first-order valence-corrected chi connectivity index (χ1v) is 9.35. The van der Waals surface area contributed by atoms with E-state index < -0.39 is 18.3 Å². The number of carbonyl (C=O) groups excluding carboxylic acids is 1. The summed E-state index contributed by atoms with van der Waals surface area (Å²) in [6, 6.07) is 0. The highest BCUT2D eigenvalue weighted by atomic mass is 32.2. The lowest BCUT2D eigenvalue weighted by molar-refractivity contribution is -0.109. The van der Waals surface area contributed by atoms with E-state index in [1.54, 1.807) is 6.92 Å². The molecule has 1 aliphatic heterocycles. The smallest absolute Gasteiger partial charge is 0.400 e. The number of rotatable bonds is 6. The normalized spacial score (nSPS) is 19.8. The third-order valence-electron chi connectivity index (χ3n) is 4.46. The van der Waals surface area contributed by atoms with E-state index in [4.69, 9.17) is 9.31 Å². The lowest BCUT2D eigenvalue weighted by Gasteiger charge is -2.32. The summed E-state index contributed by atoms with van der Waals surface area (Å²) < 4.78 is 14.2. The maximum absolute atomic E-state index is 11.4. The molecule has 1 aliphatic rings.